The first kappa shape index (κ1) is 10.6. The zero-order valence-corrected chi connectivity index (χ0v) is 9.65. The highest BCUT2D eigenvalue weighted by Gasteiger charge is 2.21. The lowest BCUT2D eigenvalue weighted by molar-refractivity contribution is 0.446. The van der Waals surface area contributed by atoms with Gasteiger partial charge in [0, 0.05) is 0 Å². The Bertz CT molecular complexity index is 235. The van der Waals surface area contributed by atoms with Crippen molar-refractivity contribution in [3.63, 3.8) is 0 Å². The number of rotatable bonds is 1. The highest BCUT2D eigenvalue weighted by molar-refractivity contribution is 5.30. The predicted molar refractivity (Wildman–Crippen MR) is 59.7 cm³/mol. The van der Waals surface area contributed by atoms with Gasteiger partial charge in [-0.3, -0.25) is 0 Å². The molecule has 74 valence electrons. The lowest BCUT2D eigenvalue weighted by Gasteiger charge is -2.29. The van der Waals surface area contributed by atoms with Crippen LogP contribution in [0, 0.1) is 11.3 Å². The van der Waals surface area contributed by atoms with E-state index in [1.807, 2.05) is 0 Å². The zero-order valence-electron chi connectivity index (χ0n) is 9.65. The van der Waals surface area contributed by atoms with E-state index in [1.165, 1.54) is 18.4 Å². The molecule has 1 unspecified atom stereocenters. The third-order valence-corrected chi connectivity index (χ3v) is 2.87. The third-order valence-electron chi connectivity index (χ3n) is 2.87. The summed E-state index contributed by atoms with van der Waals surface area (Å²) in [5.74, 6) is 0.777. The van der Waals surface area contributed by atoms with E-state index in [2.05, 4.69) is 46.8 Å². The Labute approximate surface area is 82.7 Å². The molecule has 0 spiro atoms. The molecule has 0 nitrogen and oxygen atoms in total. The van der Waals surface area contributed by atoms with Crippen molar-refractivity contribution in [2.75, 3.05) is 0 Å². The topological polar surface area (TPSA) is 0 Å². The van der Waals surface area contributed by atoms with E-state index in [0.717, 1.165) is 5.92 Å². The molecule has 1 aliphatic carbocycles. The monoisotopic (exact) mass is 178 g/mol. The van der Waals surface area contributed by atoms with Gasteiger partial charge in [-0.15, -0.1) is 0 Å². The maximum atomic E-state index is 2.41. The average molecular weight is 178 g/mol. The quantitative estimate of drug-likeness (QED) is 0.560. The van der Waals surface area contributed by atoms with E-state index in [-0.39, 0.29) is 0 Å². The minimum absolute atomic E-state index is 0.350. The Morgan fingerprint density at radius 2 is 2.00 bits per heavy atom. The molecule has 0 amide bonds. The molecule has 0 fully saturated rings. The average Bonchev–Trinajstić information content (AvgIpc) is 2.01. The molecule has 0 N–H and O–H groups in total. The summed E-state index contributed by atoms with van der Waals surface area (Å²) in [7, 11) is 0. The SMILES string of the molecule is CCC1C=C(C)C=C(C(C)(C)C)C1. The predicted octanol–water partition coefficient (Wildman–Crippen LogP) is 4.34. The maximum Gasteiger partial charge on any atom is -0.0170 e. The van der Waals surface area contributed by atoms with Gasteiger partial charge in [0.1, 0.15) is 0 Å². The van der Waals surface area contributed by atoms with Crippen molar-refractivity contribution in [1.29, 1.82) is 0 Å². The van der Waals surface area contributed by atoms with E-state index in [4.69, 9.17) is 0 Å². The van der Waals surface area contributed by atoms with Gasteiger partial charge in [0.05, 0.1) is 0 Å². The van der Waals surface area contributed by atoms with Gasteiger partial charge in [-0.25, -0.2) is 0 Å². The van der Waals surface area contributed by atoms with Crippen molar-refractivity contribution >= 4 is 0 Å². The lowest BCUT2D eigenvalue weighted by Crippen LogP contribution is -2.15. The standard InChI is InChI=1S/C13H22/c1-6-11-7-10(2)8-12(9-11)13(3,4)5/h7-8,11H,6,9H2,1-5H3. The Morgan fingerprint density at radius 1 is 1.38 bits per heavy atom. The summed E-state index contributed by atoms with van der Waals surface area (Å²) in [6.07, 6.45) is 7.31. The summed E-state index contributed by atoms with van der Waals surface area (Å²) in [6, 6.07) is 0. The molecule has 0 saturated carbocycles. The Balaban J connectivity index is 2.85. The van der Waals surface area contributed by atoms with Gasteiger partial charge in [0.25, 0.3) is 0 Å². The van der Waals surface area contributed by atoms with Crippen molar-refractivity contribution in [3.8, 4) is 0 Å². The minimum Gasteiger partial charge on any atom is -0.0782 e. The second-order valence-corrected chi connectivity index (χ2v) is 5.20. The molecular formula is C13H22. The van der Waals surface area contributed by atoms with E-state index in [9.17, 15) is 0 Å². The fourth-order valence-corrected chi connectivity index (χ4v) is 1.88. The van der Waals surface area contributed by atoms with Gasteiger partial charge < -0.3 is 0 Å². The summed E-state index contributed by atoms with van der Waals surface area (Å²) >= 11 is 0. The minimum atomic E-state index is 0.350. The van der Waals surface area contributed by atoms with Gasteiger partial charge in [-0.1, -0.05) is 51.0 Å². The summed E-state index contributed by atoms with van der Waals surface area (Å²) < 4.78 is 0. The van der Waals surface area contributed by atoms with E-state index in [1.54, 1.807) is 5.57 Å². The van der Waals surface area contributed by atoms with E-state index >= 15 is 0 Å². The fourth-order valence-electron chi connectivity index (χ4n) is 1.88. The molecule has 1 rings (SSSR count). The first-order valence-corrected chi connectivity index (χ1v) is 5.33. The highest BCUT2D eigenvalue weighted by Crippen LogP contribution is 2.36. The van der Waals surface area contributed by atoms with Gasteiger partial charge >= 0.3 is 0 Å². The van der Waals surface area contributed by atoms with Crippen molar-refractivity contribution in [3.05, 3.63) is 23.3 Å². The van der Waals surface area contributed by atoms with Crippen LogP contribution in [0.4, 0.5) is 0 Å². The van der Waals surface area contributed by atoms with Crippen molar-refractivity contribution in [2.24, 2.45) is 11.3 Å². The molecule has 0 saturated heterocycles. The first-order chi connectivity index (χ1) is 5.93. The van der Waals surface area contributed by atoms with Crippen LogP contribution in [0.15, 0.2) is 23.3 Å². The van der Waals surface area contributed by atoms with Gasteiger partial charge in [-0.2, -0.15) is 0 Å². The maximum absolute atomic E-state index is 2.41. The lowest BCUT2D eigenvalue weighted by atomic mass is 9.77. The molecule has 0 aliphatic heterocycles. The van der Waals surface area contributed by atoms with Crippen LogP contribution >= 0.6 is 0 Å². The normalized spacial score (nSPS) is 23.9. The number of hydrogen-bond donors (Lipinski definition) is 0. The summed E-state index contributed by atoms with van der Waals surface area (Å²) in [4.78, 5) is 0. The molecule has 0 aromatic rings. The number of hydrogen-bond acceptors (Lipinski definition) is 0. The largest absolute Gasteiger partial charge is 0.0782 e. The zero-order chi connectivity index (χ0) is 10.1. The summed E-state index contributed by atoms with van der Waals surface area (Å²) in [5.41, 5.74) is 3.41. The van der Waals surface area contributed by atoms with Gasteiger partial charge in [0.15, 0.2) is 0 Å². The van der Waals surface area contributed by atoms with E-state index < -0.39 is 0 Å². The molecular weight excluding hydrogens is 156 g/mol. The molecule has 0 radical (unpaired) electrons. The third kappa shape index (κ3) is 2.72. The Hall–Kier alpha value is -0.520. The molecule has 1 atom stereocenters. The van der Waals surface area contributed by atoms with Crippen LogP contribution in [0.5, 0.6) is 0 Å². The molecule has 0 heteroatoms. The van der Waals surface area contributed by atoms with Crippen molar-refractivity contribution in [2.45, 2.75) is 47.5 Å². The molecule has 0 bridgehead atoms. The van der Waals surface area contributed by atoms with Gasteiger partial charge in [0.2, 0.25) is 0 Å². The van der Waals surface area contributed by atoms with E-state index in [0.29, 0.717) is 5.41 Å². The van der Waals surface area contributed by atoms with Crippen molar-refractivity contribution in [1.82, 2.24) is 0 Å². The number of allylic oxidation sites excluding steroid dienone is 4. The van der Waals surface area contributed by atoms with Crippen molar-refractivity contribution < 1.29 is 0 Å². The smallest absolute Gasteiger partial charge is 0.0170 e. The van der Waals surface area contributed by atoms with Crippen LogP contribution < -0.4 is 0 Å². The molecule has 1 aliphatic rings. The molecule has 0 heterocycles. The molecule has 0 aromatic heterocycles. The van der Waals surface area contributed by atoms with Crippen LogP contribution in [0.3, 0.4) is 0 Å². The van der Waals surface area contributed by atoms with Crippen LogP contribution in [0.2, 0.25) is 0 Å². The second-order valence-electron chi connectivity index (χ2n) is 5.20. The van der Waals surface area contributed by atoms with Crippen LogP contribution in [-0.4, -0.2) is 0 Å². The fraction of sp³-hybridized carbons (Fsp3) is 0.692. The summed E-state index contributed by atoms with van der Waals surface area (Å²) in [6.45, 7) is 11.4. The first-order valence-electron chi connectivity index (χ1n) is 5.33. The van der Waals surface area contributed by atoms with Crippen LogP contribution in [0.25, 0.3) is 0 Å². The summed E-state index contributed by atoms with van der Waals surface area (Å²) in [5, 5.41) is 0. The molecule has 0 aromatic carbocycles. The van der Waals surface area contributed by atoms with Crippen LogP contribution in [0.1, 0.15) is 47.5 Å². The van der Waals surface area contributed by atoms with Crippen LogP contribution in [-0.2, 0) is 0 Å². The highest BCUT2D eigenvalue weighted by atomic mass is 14.3. The van der Waals surface area contributed by atoms with Gasteiger partial charge in [-0.05, 0) is 31.1 Å². The Kier molecular flexibility index (Phi) is 3.00. The second kappa shape index (κ2) is 3.69. The Morgan fingerprint density at radius 3 is 2.46 bits per heavy atom. The molecule has 13 heavy (non-hydrogen) atoms.